The molecule has 0 saturated carbocycles. The number of amides is 1. The Bertz CT molecular complexity index is 1290. The summed E-state index contributed by atoms with van der Waals surface area (Å²) in [5.74, 6) is -0.661. The number of rotatable bonds is 4. The Kier molecular flexibility index (Phi) is 5.71. The molecule has 0 aliphatic heterocycles. The van der Waals surface area contributed by atoms with Gasteiger partial charge >= 0.3 is 6.18 Å². The van der Waals surface area contributed by atoms with Gasteiger partial charge in [-0.1, -0.05) is 41.9 Å². The number of anilines is 1. The lowest BCUT2D eigenvalue weighted by molar-refractivity contribution is -0.137. The molecule has 0 saturated heterocycles. The van der Waals surface area contributed by atoms with Crippen LogP contribution in [0.1, 0.15) is 15.9 Å². The monoisotopic (exact) mass is 456 g/mol. The Balaban J connectivity index is 1.76. The summed E-state index contributed by atoms with van der Waals surface area (Å²) in [6.45, 7) is 0. The van der Waals surface area contributed by atoms with E-state index in [4.69, 9.17) is 11.6 Å². The lowest BCUT2D eigenvalue weighted by Crippen LogP contribution is -2.16. The van der Waals surface area contributed by atoms with Crippen molar-refractivity contribution in [3.8, 4) is 22.5 Å². The first-order valence-electron chi connectivity index (χ1n) is 9.46. The molecule has 2 aromatic carbocycles. The zero-order chi connectivity index (χ0) is 22.9. The Labute approximate surface area is 186 Å². The molecule has 4 rings (SSSR count). The van der Waals surface area contributed by atoms with Crippen LogP contribution in [-0.4, -0.2) is 20.7 Å². The van der Waals surface area contributed by atoms with Crippen LogP contribution in [0.5, 0.6) is 0 Å². The fourth-order valence-electron chi connectivity index (χ4n) is 3.27. The second-order valence-electron chi connectivity index (χ2n) is 6.97. The topological polar surface area (TPSA) is 59.8 Å². The molecule has 9 heteroatoms. The van der Waals surface area contributed by atoms with Crippen LogP contribution in [-0.2, 0) is 13.2 Å². The summed E-state index contributed by atoms with van der Waals surface area (Å²) < 4.78 is 42.3. The van der Waals surface area contributed by atoms with E-state index in [2.05, 4.69) is 15.4 Å². The number of pyridine rings is 1. The Morgan fingerprint density at radius 1 is 1.06 bits per heavy atom. The van der Waals surface area contributed by atoms with Crippen molar-refractivity contribution < 1.29 is 18.0 Å². The van der Waals surface area contributed by atoms with Crippen LogP contribution >= 0.6 is 11.6 Å². The Morgan fingerprint density at radius 3 is 2.47 bits per heavy atom. The SMILES string of the molecule is Cn1ccc(-c2cc(C(=O)Nc3cccnc3-c3ccccc3)c(Cl)cc2C(F)(F)F)n1. The summed E-state index contributed by atoms with van der Waals surface area (Å²) >= 11 is 6.12. The van der Waals surface area contributed by atoms with E-state index in [0.29, 0.717) is 11.4 Å². The normalized spacial score (nSPS) is 11.4. The van der Waals surface area contributed by atoms with Gasteiger partial charge in [0, 0.05) is 30.6 Å². The predicted molar refractivity (Wildman–Crippen MR) is 116 cm³/mol. The van der Waals surface area contributed by atoms with Gasteiger partial charge in [0.2, 0.25) is 0 Å². The number of carbonyl (C=O) groups excluding carboxylic acids is 1. The molecule has 4 aromatic rings. The van der Waals surface area contributed by atoms with Crippen molar-refractivity contribution in [3.05, 3.63) is 89.2 Å². The van der Waals surface area contributed by atoms with E-state index in [1.54, 1.807) is 25.4 Å². The maximum absolute atomic E-state index is 13.6. The van der Waals surface area contributed by atoms with Gasteiger partial charge in [0.25, 0.3) is 5.91 Å². The van der Waals surface area contributed by atoms with Crippen molar-refractivity contribution >= 4 is 23.2 Å². The third-order valence-corrected chi connectivity index (χ3v) is 5.06. The standard InChI is InChI=1S/C23H16ClF3N4O/c1-31-11-9-19(30-31)15-12-16(18(24)13-17(15)23(25,26)27)22(32)29-20-8-5-10-28-21(20)14-6-3-2-4-7-14/h2-13H,1H3,(H,29,32). The molecule has 1 N–H and O–H groups in total. The van der Waals surface area contributed by atoms with E-state index in [-0.39, 0.29) is 21.8 Å². The Morgan fingerprint density at radius 2 is 1.81 bits per heavy atom. The number of hydrogen-bond acceptors (Lipinski definition) is 3. The molecule has 0 atom stereocenters. The van der Waals surface area contributed by atoms with E-state index in [1.807, 2.05) is 30.3 Å². The van der Waals surface area contributed by atoms with Gasteiger partial charge < -0.3 is 5.32 Å². The minimum atomic E-state index is -4.67. The predicted octanol–water partition coefficient (Wildman–Crippen LogP) is 6.07. The molecule has 1 amide bonds. The van der Waals surface area contributed by atoms with Gasteiger partial charge in [-0.3, -0.25) is 14.5 Å². The van der Waals surface area contributed by atoms with Gasteiger partial charge in [-0.15, -0.1) is 0 Å². The summed E-state index contributed by atoms with van der Waals surface area (Å²) in [4.78, 5) is 17.4. The minimum absolute atomic E-state index is 0.0805. The van der Waals surface area contributed by atoms with Crippen LogP contribution in [0.3, 0.4) is 0 Å². The van der Waals surface area contributed by atoms with Crippen molar-refractivity contribution in [2.45, 2.75) is 6.18 Å². The first-order valence-corrected chi connectivity index (χ1v) is 9.84. The highest BCUT2D eigenvalue weighted by atomic mass is 35.5. The summed E-state index contributed by atoms with van der Waals surface area (Å²) in [7, 11) is 1.59. The summed E-state index contributed by atoms with van der Waals surface area (Å²) in [6, 6.07) is 15.8. The van der Waals surface area contributed by atoms with E-state index in [9.17, 15) is 18.0 Å². The van der Waals surface area contributed by atoms with Crippen molar-refractivity contribution in [1.82, 2.24) is 14.8 Å². The van der Waals surface area contributed by atoms with Crippen LogP contribution < -0.4 is 5.32 Å². The van der Waals surface area contributed by atoms with Crippen molar-refractivity contribution in [3.63, 3.8) is 0 Å². The summed E-state index contributed by atoms with van der Waals surface area (Å²) in [5.41, 5.74) is 0.468. The van der Waals surface area contributed by atoms with Gasteiger partial charge in [-0.25, -0.2) is 0 Å². The van der Waals surface area contributed by atoms with Crippen molar-refractivity contribution in [2.24, 2.45) is 7.05 Å². The van der Waals surface area contributed by atoms with Gasteiger partial charge in [0.1, 0.15) is 0 Å². The van der Waals surface area contributed by atoms with Gasteiger partial charge in [0.15, 0.2) is 0 Å². The highest BCUT2D eigenvalue weighted by Crippen LogP contribution is 2.39. The van der Waals surface area contributed by atoms with Gasteiger partial charge in [-0.05, 0) is 30.3 Å². The number of nitrogens with one attached hydrogen (secondary N) is 1. The molecule has 162 valence electrons. The number of carbonyl (C=O) groups is 1. The second kappa shape index (κ2) is 8.47. The number of aryl methyl sites for hydroxylation is 1. The molecular formula is C23H16ClF3N4O. The molecule has 0 aliphatic carbocycles. The fourth-order valence-corrected chi connectivity index (χ4v) is 3.52. The maximum atomic E-state index is 13.6. The number of benzene rings is 2. The molecule has 0 fully saturated rings. The molecule has 0 radical (unpaired) electrons. The highest BCUT2D eigenvalue weighted by Gasteiger charge is 2.36. The number of hydrogen-bond donors (Lipinski definition) is 1. The van der Waals surface area contributed by atoms with Gasteiger partial charge in [0.05, 0.1) is 33.2 Å². The maximum Gasteiger partial charge on any atom is 0.417 e. The van der Waals surface area contributed by atoms with Crippen LogP contribution in [0.4, 0.5) is 18.9 Å². The summed E-state index contributed by atoms with van der Waals surface area (Å²) in [5, 5.41) is 6.45. The van der Waals surface area contributed by atoms with E-state index in [1.165, 1.54) is 16.9 Å². The molecule has 0 aliphatic rings. The number of aromatic nitrogens is 3. The molecule has 32 heavy (non-hydrogen) atoms. The van der Waals surface area contributed by atoms with Crippen LogP contribution in [0.15, 0.2) is 73.1 Å². The molecule has 5 nitrogen and oxygen atoms in total. The molecule has 0 spiro atoms. The lowest BCUT2D eigenvalue weighted by atomic mass is 10.00. The zero-order valence-electron chi connectivity index (χ0n) is 16.7. The van der Waals surface area contributed by atoms with E-state index < -0.39 is 17.6 Å². The number of nitrogens with zero attached hydrogens (tertiary/aromatic N) is 3. The quantitative estimate of drug-likeness (QED) is 0.405. The smallest absolute Gasteiger partial charge is 0.320 e. The molecular weight excluding hydrogens is 441 g/mol. The van der Waals surface area contributed by atoms with E-state index >= 15 is 0 Å². The average Bonchev–Trinajstić information content (AvgIpc) is 3.20. The number of alkyl halides is 3. The Hall–Kier alpha value is -3.65. The fraction of sp³-hybridized carbons (Fsp3) is 0.0870. The summed E-state index contributed by atoms with van der Waals surface area (Å²) in [6.07, 6.45) is -1.57. The second-order valence-corrected chi connectivity index (χ2v) is 7.38. The molecule has 0 unspecified atom stereocenters. The first kappa shape index (κ1) is 21.6. The van der Waals surface area contributed by atoms with Crippen molar-refractivity contribution in [1.29, 1.82) is 0 Å². The molecule has 2 heterocycles. The van der Waals surface area contributed by atoms with Gasteiger partial charge in [-0.2, -0.15) is 18.3 Å². The number of halogens is 4. The average molecular weight is 457 g/mol. The zero-order valence-corrected chi connectivity index (χ0v) is 17.4. The highest BCUT2D eigenvalue weighted by molar-refractivity contribution is 6.34. The van der Waals surface area contributed by atoms with Crippen LogP contribution in [0.25, 0.3) is 22.5 Å². The van der Waals surface area contributed by atoms with Crippen LogP contribution in [0, 0.1) is 0 Å². The first-order chi connectivity index (χ1) is 15.2. The third kappa shape index (κ3) is 4.36. The van der Waals surface area contributed by atoms with E-state index in [0.717, 1.165) is 17.7 Å². The van der Waals surface area contributed by atoms with Crippen molar-refractivity contribution in [2.75, 3.05) is 5.32 Å². The third-order valence-electron chi connectivity index (χ3n) is 4.75. The van der Waals surface area contributed by atoms with Crippen LogP contribution in [0.2, 0.25) is 5.02 Å². The molecule has 2 aromatic heterocycles. The largest absolute Gasteiger partial charge is 0.417 e. The minimum Gasteiger partial charge on any atom is -0.320 e. The lowest BCUT2D eigenvalue weighted by Gasteiger charge is -2.16. The molecule has 0 bridgehead atoms.